The number of amides is 1. The maximum atomic E-state index is 12.0. The monoisotopic (exact) mass is 345 g/mol. The summed E-state index contributed by atoms with van der Waals surface area (Å²) in [6.45, 7) is 4.45. The van der Waals surface area contributed by atoms with Crippen molar-refractivity contribution in [3.8, 4) is 0 Å². The number of benzene rings is 1. The Labute approximate surface area is 147 Å². The molecule has 0 saturated carbocycles. The van der Waals surface area contributed by atoms with Crippen molar-refractivity contribution in [3.63, 3.8) is 0 Å². The molecular formula is C19H27N3O3. The van der Waals surface area contributed by atoms with Gasteiger partial charge < -0.3 is 14.6 Å². The molecule has 0 aliphatic carbocycles. The Balaban J connectivity index is 1.39. The number of carbonyl (C=O) groups excluding carboxylic acids is 1. The van der Waals surface area contributed by atoms with E-state index in [4.69, 9.17) is 4.42 Å². The van der Waals surface area contributed by atoms with E-state index in [1.54, 1.807) is 6.07 Å². The number of aromatic nitrogens is 1. The summed E-state index contributed by atoms with van der Waals surface area (Å²) in [4.78, 5) is 26.4. The van der Waals surface area contributed by atoms with E-state index in [2.05, 4.69) is 10.2 Å². The van der Waals surface area contributed by atoms with Crippen LogP contribution in [0.2, 0.25) is 0 Å². The molecule has 1 amide bonds. The molecule has 0 bridgehead atoms. The fourth-order valence-corrected chi connectivity index (χ4v) is 3.42. The lowest BCUT2D eigenvalue weighted by Crippen LogP contribution is -2.31. The zero-order chi connectivity index (χ0) is 17.5. The van der Waals surface area contributed by atoms with Crippen molar-refractivity contribution in [3.05, 3.63) is 34.8 Å². The van der Waals surface area contributed by atoms with Crippen LogP contribution in [0.15, 0.2) is 33.5 Å². The number of likely N-dealkylation sites (tertiary alicyclic amines) is 1. The second-order valence-corrected chi connectivity index (χ2v) is 6.70. The molecule has 1 aliphatic heterocycles. The lowest BCUT2D eigenvalue weighted by Gasteiger charge is -2.19. The molecule has 0 atom stereocenters. The number of carbonyl (C=O) groups is 1. The van der Waals surface area contributed by atoms with Crippen molar-refractivity contribution < 1.29 is 9.21 Å². The highest BCUT2D eigenvalue weighted by atomic mass is 16.4. The molecule has 6 nitrogen and oxygen atoms in total. The first-order valence-electron chi connectivity index (χ1n) is 9.31. The van der Waals surface area contributed by atoms with Crippen LogP contribution in [0.3, 0.4) is 0 Å². The maximum absolute atomic E-state index is 12.0. The summed E-state index contributed by atoms with van der Waals surface area (Å²) in [5.74, 6) is -0.428. The van der Waals surface area contributed by atoms with E-state index >= 15 is 0 Å². The molecule has 0 spiro atoms. The molecule has 6 heteroatoms. The van der Waals surface area contributed by atoms with E-state index in [-0.39, 0.29) is 12.3 Å². The number of hydrogen-bond acceptors (Lipinski definition) is 4. The largest absolute Gasteiger partial charge is 0.419 e. The molecule has 2 heterocycles. The molecule has 1 aliphatic rings. The molecule has 1 N–H and O–H groups in total. The topological polar surface area (TPSA) is 67.5 Å². The molecule has 2 aromatic rings. The zero-order valence-corrected chi connectivity index (χ0v) is 14.7. The molecule has 0 radical (unpaired) electrons. The van der Waals surface area contributed by atoms with Gasteiger partial charge in [-0.1, -0.05) is 25.0 Å². The van der Waals surface area contributed by atoms with Crippen molar-refractivity contribution >= 4 is 17.0 Å². The SMILES string of the molecule is O=C(CCn1c(=O)oc2ccccc21)NCCCN1CCCCCC1. The molecular weight excluding hydrogens is 318 g/mol. The number of fused-ring (bicyclic) bond motifs is 1. The molecule has 136 valence electrons. The lowest BCUT2D eigenvalue weighted by molar-refractivity contribution is -0.121. The summed E-state index contributed by atoms with van der Waals surface area (Å²) in [7, 11) is 0. The minimum Gasteiger partial charge on any atom is -0.408 e. The number of nitrogens with zero attached hydrogens (tertiary/aromatic N) is 2. The molecule has 0 unspecified atom stereocenters. The van der Waals surface area contributed by atoms with E-state index in [0.29, 0.717) is 18.7 Å². The Morgan fingerprint density at radius 3 is 2.64 bits per heavy atom. The summed E-state index contributed by atoms with van der Waals surface area (Å²) < 4.78 is 6.70. The predicted octanol–water partition coefficient (Wildman–Crippen LogP) is 2.37. The average molecular weight is 345 g/mol. The van der Waals surface area contributed by atoms with Crippen LogP contribution in [0, 0.1) is 0 Å². The fourth-order valence-electron chi connectivity index (χ4n) is 3.42. The third-order valence-corrected chi connectivity index (χ3v) is 4.81. The molecule has 1 fully saturated rings. The van der Waals surface area contributed by atoms with Gasteiger partial charge in [0.25, 0.3) is 0 Å². The van der Waals surface area contributed by atoms with Crippen molar-refractivity contribution in [2.75, 3.05) is 26.2 Å². The Morgan fingerprint density at radius 1 is 1.08 bits per heavy atom. The first-order valence-corrected chi connectivity index (χ1v) is 9.31. The van der Waals surface area contributed by atoms with Crippen LogP contribution in [0.4, 0.5) is 0 Å². The van der Waals surface area contributed by atoms with Crippen LogP contribution in [-0.4, -0.2) is 41.6 Å². The van der Waals surface area contributed by atoms with E-state index in [9.17, 15) is 9.59 Å². The van der Waals surface area contributed by atoms with Gasteiger partial charge in [-0.15, -0.1) is 0 Å². The van der Waals surface area contributed by atoms with Gasteiger partial charge in [-0.25, -0.2) is 4.79 Å². The molecule has 25 heavy (non-hydrogen) atoms. The van der Waals surface area contributed by atoms with Gasteiger partial charge >= 0.3 is 5.76 Å². The van der Waals surface area contributed by atoms with Crippen LogP contribution >= 0.6 is 0 Å². The number of aryl methyl sites for hydroxylation is 1. The fraction of sp³-hybridized carbons (Fsp3) is 0.579. The van der Waals surface area contributed by atoms with Crippen molar-refractivity contribution in [1.82, 2.24) is 14.8 Å². The number of hydrogen-bond donors (Lipinski definition) is 1. The van der Waals surface area contributed by atoms with Crippen LogP contribution in [0.25, 0.3) is 11.1 Å². The summed E-state index contributed by atoms with van der Waals surface area (Å²) in [5, 5.41) is 2.96. The number of oxazole rings is 1. The second-order valence-electron chi connectivity index (χ2n) is 6.70. The number of para-hydroxylation sites is 2. The van der Waals surface area contributed by atoms with Gasteiger partial charge in [0, 0.05) is 19.5 Å². The zero-order valence-electron chi connectivity index (χ0n) is 14.7. The highest BCUT2D eigenvalue weighted by Gasteiger charge is 2.11. The van der Waals surface area contributed by atoms with Crippen molar-refractivity contribution in [1.29, 1.82) is 0 Å². The maximum Gasteiger partial charge on any atom is 0.419 e. The first kappa shape index (κ1) is 17.7. The van der Waals surface area contributed by atoms with Gasteiger partial charge in [-0.05, 0) is 51.0 Å². The number of rotatable bonds is 7. The van der Waals surface area contributed by atoms with Gasteiger partial charge in [0.1, 0.15) is 0 Å². The van der Waals surface area contributed by atoms with Crippen LogP contribution in [0.5, 0.6) is 0 Å². The summed E-state index contributed by atoms with van der Waals surface area (Å²) >= 11 is 0. The van der Waals surface area contributed by atoms with Crippen LogP contribution < -0.4 is 11.1 Å². The first-order chi connectivity index (χ1) is 12.2. The predicted molar refractivity (Wildman–Crippen MR) is 97.6 cm³/mol. The van der Waals surface area contributed by atoms with Gasteiger partial charge in [0.15, 0.2) is 5.58 Å². The van der Waals surface area contributed by atoms with Gasteiger partial charge in [-0.2, -0.15) is 0 Å². The summed E-state index contributed by atoms with van der Waals surface area (Å²) in [5.41, 5.74) is 1.30. The lowest BCUT2D eigenvalue weighted by atomic mass is 10.2. The molecule has 1 aromatic heterocycles. The third-order valence-electron chi connectivity index (χ3n) is 4.81. The van der Waals surface area contributed by atoms with E-state index < -0.39 is 5.76 Å². The Bertz CT molecular complexity index is 742. The summed E-state index contributed by atoms with van der Waals surface area (Å²) in [6, 6.07) is 7.28. The van der Waals surface area contributed by atoms with Crippen molar-refractivity contribution in [2.45, 2.75) is 45.1 Å². The van der Waals surface area contributed by atoms with Crippen molar-refractivity contribution in [2.24, 2.45) is 0 Å². The van der Waals surface area contributed by atoms with E-state index in [1.807, 2.05) is 18.2 Å². The third kappa shape index (κ3) is 4.95. The minimum atomic E-state index is -0.407. The van der Waals surface area contributed by atoms with E-state index in [0.717, 1.165) is 18.5 Å². The highest BCUT2D eigenvalue weighted by Crippen LogP contribution is 2.12. The number of nitrogens with one attached hydrogen (secondary N) is 1. The van der Waals surface area contributed by atoms with E-state index in [1.165, 1.54) is 43.3 Å². The Kier molecular flexibility index (Phi) is 6.28. The average Bonchev–Trinajstić information content (AvgIpc) is 2.77. The quantitative estimate of drug-likeness (QED) is 0.782. The normalized spacial score (nSPS) is 16.0. The molecule has 1 aromatic carbocycles. The highest BCUT2D eigenvalue weighted by molar-refractivity contribution is 5.76. The van der Waals surface area contributed by atoms with Crippen LogP contribution in [0.1, 0.15) is 38.5 Å². The van der Waals surface area contributed by atoms with Crippen LogP contribution in [-0.2, 0) is 11.3 Å². The van der Waals surface area contributed by atoms with Gasteiger partial charge in [0.2, 0.25) is 5.91 Å². The molecule has 1 saturated heterocycles. The summed E-state index contributed by atoms with van der Waals surface area (Å²) in [6.07, 6.45) is 6.53. The Hall–Kier alpha value is -2.08. The smallest absolute Gasteiger partial charge is 0.408 e. The standard InChI is InChI=1S/C19H27N3O3/c23-18(20-11-7-14-21-12-5-1-2-6-13-21)10-15-22-16-8-3-4-9-17(16)25-19(22)24/h3-4,8-9H,1-2,5-7,10-15H2,(H,20,23). The minimum absolute atomic E-state index is 0.0203. The van der Waals surface area contributed by atoms with Gasteiger partial charge in [-0.3, -0.25) is 9.36 Å². The second kappa shape index (κ2) is 8.85. The van der Waals surface area contributed by atoms with Gasteiger partial charge in [0.05, 0.1) is 5.52 Å². The Morgan fingerprint density at radius 2 is 1.84 bits per heavy atom. The molecule has 3 rings (SSSR count).